The Morgan fingerprint density at radius 1 is 1.11 bits per heavy atom. The first kappa shape index (κ1) is 22.1. The van der Waals surface area contributed by atoms with Crippen LogP contribution in [0.15, 0.2) is 36.4 Å². The van der Waals surface area contributed by atoms with Crippen LogP contribution in [-0.4, -0.2) is 48.8 Å². The Hall–Kier alpha value is -3.37. The topological polar surface area (TPSA) is 77.3 Å². The lowest BCUT2D eigenvalue weighted by Crippen LogP contribution is -2.51. The Morgan fingerprint density at radius 3 is 2.80 bits per heavy atom. The number of aromatic nitrogens is 2. The molecule has 1 saturated heterocycles. The summed E-state index contributed by atoms with van der Waals surface area (Å²) in [6, 6.07) is 16.1. The fraction of sp³-hybridized carbons (Fsp3) is 0.464. The third kappa shape index (κ3) is 4.51. The molecule has 0 unspecified atom stereocenters. The molecule has 1 saturated carbocycles. The van der Waals surface area contributed by atoms with Gasteiger partial charge in [-0.25, -0.2) is 0 Å². The van der Waals surface area contributed by atoms with Crippen molar-refractivity contribution >= 4 is 22.3 Å². The highest BCUT2D eigenvalue weighted by atomic mass is 16.5. The second kappa shape index (κ2) is 9.35. The van der Waals surface area contributed by atoms with Gasteiger partial charge < -0.3 is 19.9 Å². The molecule has 7 heteroatoms. The van der Waals surface area contributed by atoms with Crippen molar-refractivity contribution in [3.8, 4) is 12.1 Å². The van der Waals surface area contributed by atoms with E-state index in [2.05, 4.69) is 64.5 Å². The molecule has 7 nitrogen and oxygen atoms in total. The lowest BCUT2D eigenvalue weighted by Gasteiger charge is -2.37. The lowest BCUT2D eigenvalue weighted by molar-refractivity contribution is 0.274. The molecule has 3 aliphatic rings. The molecule has 35 heavy (non-hydrogen) atoms. The molecule has 0 amide bonds. The zero-order valence-corrected chi connectivity index (χ0v) is 20.3. The number of fused-ring (bicyclic) bond motifs is 2. The lowest BCUT2D eigenvalue weighted by atomic mass is 9.99. The van der Waals surface area contributed by atoms with Crippen LogP contribution in [-0.2, 0) is 13.0 Å². The standard InChI is InChI=1S/C28H32N6O/c1-19-4-2-5-21-6-3-7-25(26(19)21)33-14-11-23-24(17-33)31-28(35-18-20-8-9-20)32-27(23)34-15-13-30-22(16-34)10-12-29/h2-7,20,22,30H,8-11,13-18H2,1H3/t22-/m0/s1. The predicted molar refractivity (Wildman–Crippen MR) is 138 cm³/mol. The van der Waals surface area contributed by atoms with Gasteiger partial charge in [-0.2, -0.15) is 15.2 Å². The summed E-state index contributed by atoms with van der Waals surface area (Å²) < 4.78 is 6.10. The Morgan fingerprint density at radius 2 is 1.97 bits per heavy atom. The van der Waals surface area contributed by atoms with E-state index < -0.39 is 0 Å². The number of rotatable bonds is 6. The van der Waals surface area contributed by atoms with Gasteiger partial charge >= 0.3 is 6.01 Å². The number of ether oxygens (including phenoxy) is 1. The van der Waals surface area contributed by atoms with Crippen molar-refractivity contribution in [2.45, 2.75) is 45.2 Å². The van der Waals surface area contributed by atoms with Crippen molar-refractivity contribution < 1.29 is 4.74 Å². The number of anilines is 2. The van der Waals surface area contributed by atoms with Crippen LogP contribution in [0.1, 0.15) is 36.1 Å². The van der Waals surface area contributed by atoms with E-state index in [0.29, 0.717) is 25.0 Å². The second-order valence-electron chi connectivity index (χ2n) is 10.1. The van der Waals surface area contributed by atoms with Gasteiger partial charge in [0.15, 0.2) is 0 Å². The first-order chi connectivity index (χ1) is 17.2. The van der Waals surface area contributed by atoms with Gasteiger partial charge in [-0.3, -0.25) is 0 Å². The Balaban J connectivity index is 1.35. The molecule has 6 rings (SSSR count). The average Bonchev–Trinajstić information content (AvgIpc) is 3.72. The van der Waals surface area contributed by atoms with E-state index in [1.165, 1.54) is 40.4 Å². The highest BCUT2D eigenvalue weighted by molar-refractivity contribution is 5.97. The number of nitriles is 1. The zero-order chi connectivity index (χ0) is 23.8. The minimum Gasteiger partial charge on any atom is -0.463 e. The summed E-state index contributed by atoms with van der Waals surface area (Å²) in [7, 11) is 0. The van der Waals surface area contributed by atoms with Gasteiger partial charge in [0.2, 0.25) is 0 Å². The Kier molecular flexibility index (Phi) is 5.91. The summed E-state index contributed by atoms with van der Waals surface area (Å²) in [5.74, 6) is 1.64. The molecule has 0 radical (unpaired) electrons. The molecular formula is C28H32N6O. The molecule has 2 aliphatic heterocycles. The molecule has 1 aromatic heterocycles. The maximum absolute atomic E-state index is 9.21. The molecule has 180 valence electrons. The molecule has 3 aromatic rings. The van der Waals surface area contributed by atoms with Crippen LogP contribution < -0.4 is 19.9 Å². The zero-order valence-electron chi connectivity index (χ0n) is 20.3. The van der Waals surface area contributed by atoms with Gasteiger partial charge in [-0.15, -0.1) is 0 Å². The van der Waals surface area contributed by atoms with Crippen LogP contribution in [0, 0.1) is 24.2 Å². The molecule has 0 bridgehead atoms. The molecular weight excluding hydrogens is 436 g/mol. The van der Waals surface area contributed by atoms with Gasteiger partial charge in [0.1, 0.15) is 5.82 Å². The van der Waals surface area contributed by atoms with E-state index >= 15 is 0 Å². The van der Waals surface area contributed by atoms with E-state index in [1.54, 1.807) is 0 Å². The van der Waals surface area contributed by atoms with E-state index in [1.807, 2.05) is 0 Å². The van der Waals surface area contributed by atoms with Gasteiger partial charge in [-0.1, -0.05) is 30.3 Å². The fourth-order valence-electron chi connectivity index (χ4n) is 5.43. The first-order valence-electron chi connectivity index (χ1n) is 12.8. The van der Waals surface area contributed by atoms with Crippen molar-refractivity contribution in [1.29, 1.82) is 5.26 Å². The van der Waals surface area contributed by atoms with E-state index in [4.69, 9.17) is 14.7 Å². The SMILES string of the molecule is Cc1cccc2cccc(N3CCc4c(nc(OCC5CC5)nc4N4CCN[C@@H](CC#N)C4)C3)c12. The summed E-state index contributed by atoms with van der Waals surface area (Å²) >= 11 is 0. The molecule has 0 spiro atoms. The maximum atomic E-state index is 9.21. The number of piperazine rings is 1. The predicted octanol–water partition coefficient (Wildman–Crippen LogP) is 3.98. The van der Waals surface area contributed by atoms with Crippen molar-refractivity contribution in [1.82, 2.24) is 15.3 Å². The first-order valence-corrected chi connectivity index (χ1v) is 12.8. The minimum absolute atomic E-state index is 0.161. The van der Waals surface area contributed by atoms with E-state index in [9.17, 15) is 5.26 Å². The van der Waals surface area contributed by atoms with Crippen LogP contribution in [0.5, 0.6) is 6.01 Å². The summed E-state index contributed by atoms with van der Waals surface area (Å²) in [4.78, 5) is 14.6. The van der Waals surface area contributed by atoms with Crippen LogP contribution in [0.3, 0.4) is 0 Å². The normalized spacial score (nSPS) is 19.9. The van der Waals surface area contributed by atoms with E-state index in [-0.39, 0.29) is 6.04 Å². The number of benzene rings is 2. The Bertz CT molecular complexity index is 1280. The molecule has 1 N–H and O–H groups in total. The molecule has 2 fully saturated rings. The van der Waals surface area contributed by atoms with Crippen molar-refractivity contribution in [2.24, 2.45) is 5.92 Å². The highest BCUT2D eigenvalue weighted by Crippen LogP contribution is 2.36. The average molecular weight is 469 g/mol. The summed E-state index contributed by atoms with van der Waals surface area (Å²) in [5, 5.41) is 15.3. The molecule has 2 aromatic carbocycles. The van der Waals surface area contributed by atoms with Crippen LogP contribution in [0.2, 0.25) is 0 Å². The minimum atomic E-state index is 0.161. The van der Waals surface area contributed by atoms with E-state index in [0.717, 1.165) is 50.7 Å². The number of hydrogen-bond donors (Lipinski definition) is 1. The number of hydrogen-bond acceptors (Lipinski definition) is 7. The van der Waals surface area contributed by atoms with Crippen LogP contribution >= 0.6 is 0 Å². The van der Waals surface area contributed by atoms with Crippen LogP contribution in [0.25, 0.3) is 10.8 Å². The van der Waals surface area contributed by atoms with Gasteiger partial charge in [0.25, 0.3) is 0 Å². The van der Waals surface area contributed by atoms with Crippen molar-refractivity contribution in [3.05, 3.63) is 53.2 Å². The molecule has 1 atom stereocenters. The second-order valence-corrected chi connectivity index (χ2v) is 10.1. The third-order valence-corrected chi connectivity index (χ3v) is 7.49. The largest absolute Gasteiger partial charge is 0.463 e. The third-order valence-electron chi connectivity index (χ3n) is 7.49. The highest BCUT2D eigenvalue weighted by Gasteiger charge is 2.30. The van der Waals surface area contributed by atoms with Crippen molar-refractivity contribution in [2.75, 3.05) is 42.6 Å². The van der Waals surface area contributed by atoms with Gasteiger partial charge in [0, 0.05) is 48.9 Å². The monoisotopic (exact) mass is 468 g/mol. The summed E-state index contributed by atoms with van der Waals surface area (Å²) in [5.41, 5.74) is 4.86. The molecule has 1 aliphatic carbocycles. The van der Waals surface area contributed by atoms with Gasteiger partial charge in [-0.05, 0) is 49.1 Å². The fourth-order valence-corrected chi connectivity index (χ4v) is 5.43. The van der Waals surface area contributed by atoms with Gasteiger partial charge in [0.05, 0.1) is 31.3 Å². The van der Waals surface area contributed by atoms with Crippen LogP contribution in [0.4, 0.5) is 11.5 Å². The summed E-state index contributed by atoms with van der Waals surface area (Å²) in [6.45, 7) is 7.06. The number of nitrogens with one attached hydrogen (secondary N) is 1. The summed E-state index contributed by atoms with van der Waals surface area (Å²) in [6.07, 6.45) is 3.87. The maximum Gasteiger partial charge on any atom is 0.318 e. The quantitative estimate of drug-likeness (QED) is 0.586. The smallest absolute Gasteiger partial charge is 0.318 e. The van der Waals surface area contributed by atoms with Crippen molar-refractivity contribution in [3.63, 3.8) is 0 Å². The molecule has 3 heterocycles. The Labute approximate surface area is 206 Å². The number of nitrogens with zero attached hydrogens (tertiary/aromatic N) is 5. The number of aryl methyl sites for hydroxylation is 1.